The lowest BCUT2D eigenvalue weighted by atomic mass is 9.98. The number of esters is 1. The van der Waals surface area contributed by atoms with Crippen LogP contribution in [-0.4, -0.2) is 59.4 Å². The molecule has 0 radical (unpaired) electrons. The molecule has 11 nitrogen and oxygen atoms in total. The van der Waals surface area contributed by atoms with Crippen molar-refractivity contribution in [3.8, 4) is 11.5 Å². The lowest BCUT2D eigenvalue weighted by Gasteiger charge is -2.35. The van der Waals surface area contributed by atoms with Crippen LogP contribution in [0.4, 0.5) is 4.79 Å². The van der Waals surface area contributed by atoms with Crippen molar-refractivity contribution in [2.24, 2.45) is 5.41 Å². The van der Waals surface area contributed by atoms with Gasteiger partial charge in [0.05, 0.1) is 29.7 Å². The van der Waals surface area contributed by atoms with Crippen molar-refractivity contribution >= 4 is 28.0 Å². The third-order valence-electron chi connectivity index (χ3n) is 3.60. The maximum atomic E-state index is 11.8. The van der Waals surface area contributed by atoms with Crippen molar-refractivity contribution in [2.75, 3.05) is 21.0 Å². The molecule has 0 atom stereocenters. The Bertz CT molecular complexity index is 757. The van der Waals surface area contributed by atoms with Crippen LogP contribution < -0.4 is 14.8 Å². The van der Waals surface area contributed by atoms with Crippen molar-refractivity contribution in [3.63, 3.8) is 0 Å². The van der Waals surface area contributed by atoms with E-state index in [4.69, 9.17) is 9.47 Å². The third-order valence-corrected chi connectivity index (χ3v) is 4.22. The summed E-state index contributed by atoms with van der Waals surface area (Å²) in [6.07, 6.45) is -1.51. The summed E-state index contributed by atoms with van der Waals surface area (Å²) < 4.78 is 19.6. The molecule has 1 aromatic rings. The summed E-state index contributed by atoms with van der Waals surface area (Å²) in [4.78, 5) is 23.4. The second-order valence-electron chi connectivity index (χ2n) is 6.89. The Kier molecular flexibility index (Phi) is 7.85. The van der Waals surface area contributed by atoms with E-state index in [1.807, 2.05) is 0 Å². The lowest BCUT2D eigenvalue weighted by molar-refractivity contribution is -0.375. The van der Waals surface area contributed by atoms with Crippen molar-refractivity contribution in [3.05, 3.63) is 22.2 Å². The van der Waals surface area contributed by atoms with Gasteiger partial charge in [-0.2, -0.15) is 0 Å². The van der Waals surface area contributed by atoms with E-state index < -0.39 is 41.5 Å². The Hall–Kier alpha value is -2.12. The zero-order valence-electron chi connectivity index (χ0n) is 16.5. The molecule has 0 bridgehead atoms. The van der Waals surface area contributed by atoms with Gasteiger partial charge in [-0.05, 0) is 48.8 Å². The molecule has 0 spiro atoms. The number of amides is 1. The van der Waals surface area contributed by atoms with E-state index in [0.717, 1.165) is 6.07 Å². The average molecular weight is 482 g/mol. The quantitative estimate of drug-likeness (QED) is 0.273. The highest BCUT2D eigenvalue weighted by atomic mass is 79.9. The smallest absolute Gasteiger partial charge is 0.414 e. The summed E-state index contributed by atoms with van der Waals surface area (Å²) in [7, 11) is 2.50. The first-order chi connectivity index (χ1) is 13.2. The number of rotatable bonds is 7. The fourth-order valence-corrected chi connectivity index (χ4v) is 2.42. The average Bonchev–Trinajstić information content (AvgIpc) is 2.59. The lowest BCUT2D eigenvalue weighted by Crippen LogP contribution is -2.63. The molecule has 0 aliphatic rings. The van der Waals surface area contributed by atoms with Crippen LogP contribution in [0.2, 0.25) is 0 Å². The molecule has 0 fully saturated rings. The summed E-state index contributed by atoms with van der Waals surface area (Å²) in [6, 6.07) is 2.35. The van der Waals surface area contributed by atoms with Gasteiger partial charge in [0.15, 0.2) is 0 Å². The molecule has 0 saturated heterocycles. The molecular formula is C17H24BrNO10. The first kappa shape index (κ1) is 24.9. The van der Waals surface area contributed by atoms with Crippen molar-refractivity contribution < 1.29 is 49.0 Å². The number of benzene rings is 1. The van der Waals surface area contributed by atoms with E-state index in [2.05, 4.69) is 25.4 Å². The molecule has 1 aromatic carbocycles. The van der Waals surface area contributed by atoms with E-state index in [0.29, 0.717) is 4.47 Å². The number of ether oxygens (including phenoxy) is 4. The summed E-state index contributed by atoms with van der Waals surface area (Å²) in [5.41, 5.74) is -1.38. The fraction of sp³-hybridized carbons (Fsp3) is 0.529. The van der Waals surface area contributed by atoms with Crippen LogP contribution in [0.5, 0.6) is 11.5 Å². The second kappa shape index (κ2) is 9.13. The first-order valence-corrected chi connectivity index (χ1v) is 8.90. The Morgan fingerprint density at radius 3 is 2.03 bits per heavy atom. The number of aliphatic hydroxyl groups is 4. The van der Waals surface area contributed by atoms with Crippen LogP contribution in [0.3, 0.4) is 0 Å². The number of alkyl carbamates (subject to hydrolysis) is 1. The molecule has 0 aliphatic heterocycles. The maximum Gasteiger partial charge on any atom is 0.414 e. The first-order valence-electron chi connectivity index (χ1n) is 8.11. The van der Waals surface area contributed by atoms with Crippen LogP contribution in [0.25, 0.3) is 0 Å². The third kappa shape index (κ3) is 5.93. The molecule has 0 saturated carbocycles. The van der Waals surface area contributed by atoms with Gasteiger partial charge in [-0.15, -0.1) is 0 Å². The van der Waals surface area contributed by atoms with Crippen LogP contribution >= 0.6 is 15.9 Å². The SMILES string of the molecule is COc1cc(C(O)(O)C(O)(O)NC(=O)OCOC(=O)C(C)(C)C)c(OC)cc1Br. The highest BCUT2D eigenvalue weighted by Crippen LogP contribution is 2.40. The molecule has 164 valence electrons. The minimum absolute atomic E-state index is 0.112. The Labute approximate surface area is 175 Å². The number of nitrogens with one attached hydrogen (secondary N) is 1. The van der Waals surface area contributed by atoms with Gasteiger partial charge in [0.25, 0.3) is 5.79 Å². The summed E-state index contributed by atoms with van der Waals surface area (Å²) >= 11 is 3.17. The predicted octanol–water partition coefficient (Wildman–Crippen LogP) is 0.515. The molecule has 12 heteroatoms. The molecular weight excluding hydrogens is 458 g/mol. The van der Waals surface area contributed by atoms with Gasteiger partial charge in [-0.1, -0.05) is 0 Å². The van der Waals surface area contributed by atoms with E-state index in [1.54, 1.807) is 20.8 Å². The van der Waals surface area contributed by atoms with Crippen molar-refractivity contribution in [1.82, 2.24) is 5.32 Å². The maximum absolute atomic E-state index is 11.8. The van der Waals surface area contributed by atoms with E-state index in [1.165, 1.54) is 25.6 Å². The predicted molar refractivity (Wildman–Crippen MR) is 101 cm³/mol. The summed E-state index contributed by atoms with van der Waals surface area (Å²) in [5, 5.41) is 42.3. The number of hydrogen-bond acceptors (Lipinski definition) is 10. The standard InChI is InChI=1S/C17H24BrNO10/c1-15(2,3)13(20)28-8-29-14(21)19-17(24,25)16(22,23)9-6-12(27-5)10(18)7-11(9)26-4/h6-7,22-25H,8H2,1-5H3,(H,19,21). The number of methoxy groups -OCH3 is 2. The molecule has 0 aromatic heterocycles. The van der Waals surface area contributed by atoms with Crippen LogP contribution in [0.1, 0.15) is 26.3 Å². The molecule has 0 heterocycles. The van der Waals surface area contributed by atoms with Crippen molar-refractivity contribution in [2.45, 2.75) is 32.5 Å². The fourth-order valence-electron chi connectivity index (χ4n) is 1.94. The monoisotopic (exact) mass is 481 g/mol. The summed E-state index contributed by atoms with van der Waals surface area (Å²) in [5.74, 6) is -7.82. The van der Waals surface area contributed by atoms with E-state index in [-0.39, 0.29) is 11.5 Å². The largest absolute Gasteiger partial charge is 0.496 e. The molecule has 0 unspecified atom stereocenters. The number of carbonyl (C=O) groups is 2. The van der Waals surface area contributed by atoms with Gasteiger partial charge in [-0.25, -0.2) is 4.79 Å². The van der Waals surface area contributed by atoms with Gasteiger partial charge in [-0.3, -0.25) is 10.1 Å². The molecule has 5 N–H and O–H groups in total. The van der Waals surface area contributed by atoms with Crippen LogP contribution in [-0.2, 0) is 20.1 Å². The normalized spacial score (nSPS) is 12.2. The highest BCUT2D eigenvalue weighted by molar-refractivity contribution is 9.10. The highest BCUT2D eigenvalue weighted by Gasteiger charge is 2.53. The molecule has 1 rings (SSSR count). The topological polar surface area (TPSA) is 164 Å². The van der Waals surface area contributed by atoms with Crippen LogP contribution in [0, 0.1) is 5.41 Å². The summed E-state index contributed by atoms with van der Waals surface area (Å²) in [6.45, 7) is 3.90. The number of halogens is 1. The zero-order valence-corrected chi connectivity index (χ0v) is 18.1. The minimum Gasteiger partial charge on any atom is -0.496 e. The van der Waals surface area contributed by atoms with E-state index in [9.17, 15) is 30.0 Å². The molecule has 1 amide bonds. The van der Waals surface area contributed by atoms with Gasteiger partial charge in [0.1, 0.15) is 11.5 Å². The Morgan fingerprint density at radius 2 is 1.55 bits per heavy atom. The Morgan fingerprint density at radius 1 is 1.00 bits per heavy atom. The van der Waals surface area contributed by atoms with Crippen molar-refractivity contribution in [1.29, 1.82) is 0 Å². The van der Waals surface area contributed by atoms with E-state index >= 15 is 0 Å². The minimum atomic E-state index is -3.63. The zero-order chi connectivity index (χ0) is 22.6. The number of hydrogen-bond donors (Lipinski definition) is 5. The van der Waals surface area contributed by atoms with Gasteiger partial charge < -0.3 is 39.4 Å². The van der Waals surface area contributed by atoms with Gasteiger partial charge in [0.2, 0.25) is 6.79 Å². The van der Waals surface area contributed by atoms with Gasteiger partial charge in [0, 0.05) is 0 Å². The van der Waals surface area contributed by atoms with Gasteiger partial charge >= 0.3 is 18.0 Å². The number of carbonyl (C=O) groups excluding carboxylic acids is 2. The molecule has 29 heavy (non-hydrogen) atoms. The molecule has 0 aliphatic carbocycles. The van der Waals surface area contributed by atoms with Crippen LogP contribution in [0.15, 0.2) is 16.6 Å². The Balaban J connectivity index is 2.97. The second-order valence-corrected chi connectivity index (χ2v) is 7.74.